The minimum Gasteiger partial charge on any atom is -0.481 e. The average molecular weight is 372 g/mol. The maximum atomic E-state index is 12.5. The molecule has 0 saturated carbocycles. The lowest BCUT2D eigenvalue weighted by Gasteiger charge is -2.28. The topological polar surface area (TPSA) is 179 Å². The summed E-state index contributed by atoms with van der Waals surface area (Å²) in [6.07, 6.45) is 0.0575. The molecule has 1 fully saturated rings. The molecule has 0 aromatic heterocycles. The molecule has 0 aromatic carbocycles. The fourth-order valence-electron chi connectivity index (χ4n) is 2.60. The Labute approximate surface area is 149 Å². The summed E-state index contributed by atoms with van der Waals surface area (Å²) < 4.78 is 0. The normalized spacial score (nSPS) is 20.0. The molecule has 26 heavy (non-hydrogen) atoms. The van der Waals surface area contributed by atoms with Crippen LogP contribution in [0, 0.1) is 0 Å². The molecule has 1 rings (SSSR count). The van der Waals surface area contributed by atoms with Crippen LogP contribution >= 0.6 is 0 Å². The average Bonchev–Trinajstić information content (AvgIpc) is 3.02. The Hall–Kier alpha value is -2.69. The SMILES string of the molecule is CC(N)C(=O)NC(C)C(=O)N1CCCC1C(=O)NC(CC(=O)O)C(=O)O. The summed E-state index contributed by atoms with van der Waals surface area (Å²) in [5.74, 6) is -4.60. The molecular weight excluding hydrogens is 348 g/mol. The molecule has 3 amide bonds. The molecule has 1 saturated heterocycles. The Morgan fingerprint density at radius 2 is 1.77 bits per heavy atom. The Kier molecular flexibility index (Phi) is 7.50. The van der Waals surface area contributed by atoms with Crippen molar-refractivity contribution in [2.45, 2.75) is 57.3 Å². The van der Waals surface area contributed by atoms with E-state index in [9.17, 15) is 24.0 Å². The fraction of sp³-hybridized carbons (Fsp3) is 0.667. The number of carbonyl (C=O) groups is 5. The van der Waals surface area contributed by atoms with Gasteiger partial charge in [0.25, 0.3) is 0 Å². The Morgan fingerprint density at radius 3 is 2.27 bits per heavy atom. The van der Waals surface area contributed by atoms with Gasteiger partial charge in [-0.1, -0.05) is 0 Å². The largest absolute Gasteiger partial charge is 0.481 e. The first-order valence-corrected chi connectivity index (χ1v) is 8.16. The van der Waals surface area contributed by atoms with Gasteiger partial charge in [0.1, 0.15) is 18.1 Å². The summed E-state index contributed by atoms with van der Waals surface area (Å²) in [5, 5.41) is 22.3. The zero-order valence-corrected chi connectivity index (χ0v) is 14.6. The number of hydrogen-bond acceptors (Lipinski definition) is 6. The van der Waals surface area contributed by atoms with E-state index in [4.69, 9.17) is 15.9 Å². The van der Waals surface area contributed by atoms with Crippen LogP contribution in [0.4, 0.5) is 0 Å². The lowest BCUT2D eigenvalue weighted by atomic mass is 10.1. The predicted octanol–water partition coefficient (Wildman–Crippen LogP) is -2.13. The molecule has 1 heterocycles. The molecule has 0 aromatic rings. The Balaban J connectivity index is 2.77. The third-order valence-corrected chi connectivity index (χ3v) is 3.97. The third-order valence-electron chi connectivity index (χ3n) is 3.97. The summed E-state index contributed by atoms with van der Waals surface area (Å²) in [5.41, 5.74) is 5.43. The minimum absolute atomic E-state index is 0.270. The molecule has 0 radical (unpaired) electrons. The number of likely N-dealkylation sites (tertiary alicyclic amines) is 1. The van der Waals surface area contributed by atoms with E-state index in [2.05, 4.69) is 10.6 Å². The fourth-order valence-corrected chi connectivity index (χ4v) is 2.60. The van der Waals surface area contributed by atoms with Gasteiger partial charge in [0.2, 0.25) is 17.7 Å². The maximum Gasteiger partial charge on any atom is 0.326 e. The molecule has 4 atom stereocenters. The van der Waals surface area contributed by atoms with Crippen molar-refractivity contribution in [3.05, 3.63) is 0 Å². The second-order valence-electron chi connectivity index (χ2n) is 6.21. The second kappa shape index (κ2) is 9.13. The molecule has 4 unspecified atom stereocenters. The molecule has 1 aliphatic rings. The van der Waals surface area contributed by atoms with Crippen molar-refractivity contribution in [3.8, 4) is 0 Å². The van der Waals surface area contributed by atoms with Gasteiger partial charge in [-0.3, -0.25) is 19.2 Å². The zero-order valence-electron chi connectivity index (χ0n) is 14.6. The molecule has 0 aliphatic carbocycles. The van der Waals surface area contributed by atoms with Crippen LogP contribution in [0.1, 0.15) is 33.1 Å². The smallest absolute Gasteiger partial charge is 0.326 e. The van der Waals surface area contributed by atoms with Crippen molar-refractivity contribution in [1.82, 2.24) is 15.5 Å². The predicted molar refractivity (Wildman–Crippen MR) is 87.8 cm³/mol. The first-order chi connectivity index (χ1) is 12.0. The summed E-state index contributed by atoms with van der Waals surface area (Å²) in [7, 11) is 0. The van der Waals surface area contributed by atoms with Crippen LogP contribution in [0.5, 0.6) is 0 Å². The number of nitrogens with one attached hydrogen (secondary N) is 2. The first kappa shape index (κ1) is 21.4. The van der Waals surface area contributed by atoms with Gasteiger partial charge in [-0.25, -0.2) is 4.79 Å². The van der Waals surface area contributed by atoms with E-state index in [1.807, 2.05) is 0 Å². The lowest BCUT2D eigenvalue weighted by molar-refractivity contribution is -0.148. The number of carboxylic acids is 2. The summed E-state index contributed by atoms with van der Waals surface area (Å²) in [6.45, 7) is 3.19. The van der Waals surface area contributed by atoms with Gasteiger partial charge >= 0.3 is 11.9 Å². The van der Waals surface area contributed by atoms with E-state index in [-0.39, 0.29) is 6.54 Å². The molecular formula is C15H24N4O7. The number of hydrogen-bond donors (Lipinski definition) is 5. The van der Waals surface area contributed by atoms with Crippen LogP contribution in [0.3, 0.4) is 0 Å². The van der Waals surface area contributed by atoms with Crippen LogP contribution in [0.25, 0.3) is 0 Å². The Morgan fingerprint density at radius 1 is 1.15 bits per heavy atom. The van der Waals surface area contributed by atoms with Gasteiger partial charge in [0.15, 0.2) is 0 Å². The molecule has 146 valence electrons. The number of carbonyl (C=O) groups excluding carboxylic acids is 3. The monoisotopic (exact) mass is 372 g/mol. The van der Waals surface area contributed by atoms with Crippen LogP contribution in [0.15, 0.2) is 0 Å². The van der Waals surface area contributed by atoms with E-state index >= 15 is 0 Å². The molecule has 11 nitrogen and oxygen atoms in total. The van der Waals surface area contributed by atoms with E-state index in [0.29, 0.717) is 12.8 Å². The van der Waals surface area contributed by atoms with Crippen LogP contribution in [-0.4, -0.2) is 75.5 Å². The maximum absolute atomic E-state index is 12.5. The standard InChI is InChI=1S/C15H24N4O7/c1-7(16)12(22)17-8(2)14(24)19-5-3-4-10(19)13(23)18-9(15(25)26)6-11(20)21/h7-10H,3-6,16H2,1-2H3,(H,17,22)(H,18,23)(H,20,21)(H,25,26). The number of nitrogens with two attached hydrogens (primary N) is 1. The summed E-state index contributed by atoms with van der Waals surface area (Å²) in [4.78, 5) is 59.5. The Bertz CT molecular complexity index is 593. The third kappa shape index (κ3) is 5.69. The van der Waals surface area contributed by atoms with Gasteiger partial charge < -0.3 is 31.5 Å². The number of aliphatic carboxylic acids is 2. The van der Waals surface area contributed by atoms with Crippen LogP contribution < -0.4 is 16.4 Å². The van der Waals surface area contributed by atoms with Gasteiger partial charge in [-0.15, -0.1) is 0 Å². The minimum atomic E-state index is -1.59. The second-order valence-corrected chi connectivity index (χ2v) is 6.21. The highest BCUT2D eigenvalue weighted by molar-refractivity contribution is 5.94. The van der Waals surface area contributed by atoms with Crippen LogP contribution in [0.2, 0.25) is 0 Å². The van der Waals surface area contributed by atoms with Crippen molar-refractivity contribution in [3.63, 3.8) is 0 Å². The van der Waals surface area contributed by atoms with Crippen molar-refractivity contribution in [1.29, 1.82) is 0 Å². The van der Waals surface area contributed by atoms with Crippen molar-refractivity contribution < 1.29 is 34.2 Å². The van der Waals surface area contributed by atoms with Crippen molar-refractivity contribution in [2.75, 3.05) is 6.54 Å². The highest BCUT2D eigenvalue weighted by Gasteiger charge is 2.38. The van der Waals surface area contributed by atoms with E-state index in [1.54, 1.807) is 0 Å². The van der Waals surface area contributed by atoms with Gasteiger partial charge in [-0.2, -0.15) is 0 Å². The number of amides is 3. The highest BCUT2D eigenvalue weighted by atomic mass is 16.4. The molecule has 11 heteroatoms. The van der Waals surface area contributed by atoms with Crippen molar-refractivity contribution in [2.24, 2.45) is 5.73 Å². The molecule has 1 aliphatic heterocycles. The van der Waals surface area contributed by atoms with E-state index < -0.39 is 60.2 Å². The van der Waals surface area contributed by atoms with E-state index in [1.165, 1.54) is 18.7 Å². The van der Waals surface area contributed by atoms with E-state index in [0.717, 1.165) is 0 Å². The zero-order chi connectivity index (χ0) is 20.0. The summed E-state index contributed by atoms with van der Waals surface area (Å²) >= 11 is 0. The number of nitrogens with zero attached hydrogens (tertiary/aromatic N) is 1. The molecule has 0 spiro atoms. The van der Waals surface area contributed by atoms with Crippen LogP contribution in [-0.2, 0) is 24.0 Å². The molecule has 6 N–H and O–H groups in total. The van der Waals surface area contributed by atoms with Gasteiger partial charge in [-0.05, 0) is 26.7 Å². The lowest BCUT2D eigenvalue weighted by Crippen LogP contribution is -2.55. The highest BCUT2D eigenvalue weighted by Crippen LogP contribution is 2.19. The van der Waals surface area contributed by atoms with Gasteiger partial charge in [0.05, 0.1) is 12.5 Å². The molecule has 0 bridgehead atoms. The van der Waals surface area contributed by atoms with Crippen molar-refractivity contribution >= 4 is 29.7 Å². The quantitative estimate of drug-likeness (QED) is 0.320. The number of rotatable bonds is 8. The number of carboxylic acid groups (broad SMARTS) is 2. The first-order valence-electron chi connectivity index (χ1n) is 8.16. The van der Waals surface area contributed by atoms with Gasteiger partial charge in [0, 0.05) is 6.54 Å². The summed E-state index contributed by atoms with van der Waals surface area (Å²) in [6, 6.07) is -4.22.